The van der Waals surface area contributed by atoms with E-state index in [0.717, 1.165) is 83.4 Å². The van der Waals surface area contributed by atoms with Crippen LogP contribution in [0, 0.1) is 46.3 Å². The molecule has 8 nitrogen and oxygen atoms in total. The molecule has 0 aromatic carbocycles. The van der Waals surface area contributed by atoms with E-state index >= 15 is 0 Å². The second kappa shape index (κ2) is 24.5. The normalized spacial score (nSPS) is 25.4. The highest BCUT2D eigenvalue weighted by Crippen LogP contribution is 2.39. The summed E-state index contributed by atoms with van der Waals surface area (Å²) in [5, 5.41) is 7.02. The summed E-state index contributed by atoms with van der Waals surface area (Å²) < 4.78 is 0. The van der Waals surface area contributed by atoms with E-state index in [9.17, 15) is 9.59 Å². The highest BCUT2D eigenvalue weighted by atomic mass is 32.1. The number of nitrogens with zero attached hydrogens (tertiary/aromatic N) is 2. The molecule has 2 saturated carbocycles. The van der Waals surface area contributed by atoms with E-state index in [2.05, 4.69) is 75.8 Å². The van der Waals surface area contributed by atoms with Crippen molar-refractivity contribution in [3.63, 3.8) is 0 Å². The van der Waals surface area contributed by atoms with E-state index in [1.165, 1.54) is 64.2 Å². The first kappa shape index (κ1) is 51.2. The first-order valence-corrected chi connectivity index (χ1v) is 24.6. The third kappa shape index (κ3) is 15.6. The largest absolute Gasteiger partial charge is 0.377 e. The molecule has 0 bridgehead atoms. The number of carbonyl (C=O) groups excluding carboxylic acids is 2. The fourth-order valence-electron chi connectivity index (χ4n) is 9.31. The standard InChI is InChI=1S/2C23H41N3OS2/c2*1-5-6-8-16-11-17(12-16)21(29)25-15-18-9-7-10-26(18)22(27)20(23(2,3)4)13-19(28)14-24/h2*16-18,20H,5-15,24H2,1-4H3,(H,25,29)/t2*16?,17?,18-,20-/m11/s1. The van der Waals surface area contributed by atoms with Crippen LogP contribution in [0.25, 0.3) is 0 Å². The number of carbonyl (C=O) groups is 2. The van der Waals surface area contributed by atoms with Crippen LogP contribution < -0.4 is 22.1 Å². The average molecular weight is 879 g/mol. The molecule has 2 aliphatic carbocycles. The number of hydrogen-bond acceptors (Lipinski definition) is 8. The van der Waals surface area contributed by atoms with Crippen LogP contribution in [0.2, 0.25) is 0 Å². The van der Waals surface area contributed by atoms with E-state index in [0.29, 0.717) is 37.8 Å². The molecule has 332 valence electrons. The monoisotopic (exact) mass is 879 g/mol. The minimum absolute atomic E-state index is 0.114. The molecule has 2 heterocycles. The van der Waals surface area contributed by atoms with Crippen LogP contribution in [0.3, 0.4) is 0 Å². The van der Waals surface area contributed by atoms with Gasteiger partial charge in [0, 0.05) is 84.8 Å². The molecular formula is C46H82N6O2S4. The SMILES string of the molecule is CCCCC1CC(C(=S)NC[C@H]2CCCN2C(=O)[C@@H](CC(=S)CN)C(C)(C)C)C1.CCCCC1CC(C(=S)NC[C@H]2CCCN2C(=O)[C@@H](CC(=S)CN)C(C)(C)C)C1. The lowest BCUT2D eigenvalue weighted by atomic mass is 9.72. The predicted molar refractivity (Wildman–Crippen MR) is 261 cm³/mol. The Kier molecular flexibility index (Phi) is 21.6. The smallest absolute Gasteiger partial charge is 0.226 e. The fourth-order valence-corrected chi connectivity index (χ4v) is 10.2. The van der Waals surface area contributed by atoms with Crippen LogP contribution in [0.1, 0.15) is 158 Å². The van der Waals surface area contributed by atoms with Gasteiger partial charge >= 0.3 is 0 Å². The van der Waals surface area contributed by atoms with Crippen LogP contribution in [0.15, 0.2) is 0 Å². The summed E-state index contributed by atoms with van der Waals surface area (Å²) >= 11 is 22.1. The third-order valence-corrected chi connectivity index (χ3v) is 15.1. The Bertz CT molecular complexity index is 1260. The van der Waals surface area contributed by atoms with Crippen molar-refractivity contribution in [2.24, 2.45) is 57.8 Å². The van der Waals surface area contributed by atoms with Crippen molar-refractivity contribution in [2.45, 2.75) is 170 Å². The Morgan fingerprint density at radius 1 is 0.638 bits per heavy atom. The van der Waals surface area contributed by atoms with Gasteiger partial charge in [0.05, 0.1) is 9.98 Å². The van der Waals surface area contributed by atoms with Crippen molar-refractivity contribution < 1.29 is 9.59 Å². The molecule has 0 aromatic heterocycles. The fraction of sp³-hybridized carbons (Fsp3) is 0.870. The minimum Gasteiger partial charge on any atom is -0.377 e. The summed E-state index contributed by atoms with van der Waals surface area (Å²) in [6, 6.07) is 0.459. The van der Waals surface area contributed by atoms with Crippen LogP contribution >= 0.6 is 48.9 Å². The van der Waals surface area contributed by atoms with Crippen molar-refractivity contribution in [1.82, 2.24) is 20.4 Å². The number of unbranched alkanes of at least 4 members (excludes halogenated alkanes) is 2. The van der Waals surface area contributed by atoms with Gasteiger partial charge < -0.3 is 31.9 Å². The Balaban J connectivity index is 0.000000310. The van der Waals surface area contributed by atoms with Gasteiger partial charge in [0.15, 0.2) is 0 Å². The number of thiocarbonyl (C=S) groups is 4. The zero-order valence-electron chi connectivity index (χ0n) is 37.7. The van der Waals surface area contributed by atoms with E-state index in [1.807, 2.05) is 0 Å². The summed E-state index contributed by atoms with van der Waals surface area (Å²) in [6.45, 7) is 21.2. The molecule has 2 aliphatic heterocycles. The van der Waals surface area contributed by atoms with Gasteiger partial charge in [-0.15, -0.1) is 0 Å². The van der Waals surface area contributed by atoms with Crippen LogP contribution in [-0.4, -0.2) is 92.7 Å². The van der Waals surface area contributed by atoms with Crippen molar-refractivity contribution >= 4 is 80.4 Å². The third-order valence-electron chi connectivity index (χ3n) is 13.5. The van der Waals surface area contributed by atoms with Crippen molar-refractivity contribution in [3.05, 3.63) is 0 Å². The molecule has 0 spiro atoms. The first-order valence-electron chi connectivity index (χ1n) is 22.9. The number of amides is 2. The quantitative estimate of drug-likeness (QED) is 0.0884. The maximum Gasteiger partial charge on any atom is 0.226 e. The molecule has 12 heteroatoms. The lowest BCUT2D eigenvalue weighted by molar-refractivity contribution is -0.140. The van der Waals surface area contributed by atoms with Gasteiger partial charge in [0.2, 0.25) is 11.8 Å². The molecular weight excluding hydrogens is 797 g/mol. The van der Waals surface area contributed by atoms with Crippen LogP contribution in [0.4, 0.5) is 0 Å². The van der Waals surface area contributed by atoms with Gasteiger partial charge in [-0.3, -0.25) is 9.59 Å². The molecule has 4 aliphatic rings. The number of likely N-dealkylation sites (tertiary alicyclic amines) is 2. The van der Waals surface area contributed by atoms with Gasteiger partial charge in [-0.1, -0.05) is 143 Å². The Morgan fingerprint density at radius 2 is 0.983 bits per heavy atom. The van der Waals surface area contributed by atoms with E-state index < -0.39 is 0 Å². The Labute approximate surface area is 375 Å². The summed E-state index contributed by atoms with van der Waals surface area (Å²) in [7, 11) is 0. The van der Waals surface area contributed by atoms with Gasteiger partial charge in [-0.05, 0) is 86.9 Å². The molecule has 58 heavy (non-hydrogen) atoms. The minimum atomic E-state index is -0.133. The van der Waals surface area contributed by atoms with Gasteiger partial charge in [0.25, 0.3) is 0 Å². The average Bonchev–Trinajstić information content (AvgIpc) is 3.81. The van der Waals surface area contributed by atoms with Gasteiger partial charge in [0.1, 0.15) is 0 Å². The van der Waals surface area contributed by atoms with Crippen molar-refractivity contribution in [1.29, 1.82) is 0 Å². The Morgan fingerprint density at radius 3 is 1.28 bits per heavy atom. The number of rotatable bonds is 20. The lowest BCUT2D eigenvalue weighted by Gasteiger charge is -2.38. The Hall–Kier alpha value is -1.18. The summed E-state index contributed by atoms with van der Waals surface area (Å²) in [5.74, 6) is 3.04. The van der Waals surface area contributed by atoms with Gasteiger partial charge in [-0.25, -0.2) is 0 Å². The zero-order valence-corrected chi connectivity index (χ0v) is 40.9. The van der Waals surface area contributed by atoms with Gasteiger partial charge in [-0.2, -0.15) is 0 Å². The first-order chi connectivity index (χ1) is 27.3. The molecule has 0 radical (unpaired) electrons. The molecule has 0 aromatic rings. The molecule has 2 amide bonds. The molecule has 6 N–H and O–H groups in total. The lowest BCUT2D eigenvalue weighted by Crippen LogP contribution is -2.49. The molecule has 4 atom stereocenters. The summed E-state index contributed by atoms with van der Waals surface area (Å²) in [4.78, 5) is 34.6. The molecule has 4 fully saturated rings. The highest BCUT2D eigenvalue weighted by Gasteiger charge is 2.41. The molecule has 2 saturated heterocycles. The van der Waals surface area contributed by atoms with E-state index in [4.69, 9.17) is 60.3 Å². The van der Waals surface area contributed by atoms with Crippen LogP contribution in [-0.2, 0) is 9.59 Å². The second-order valence-electron chi connectivity index (χ2n) is 20.2. The second-order valence-corrected chi connectivity index (χ2v) is 22.3. The summed E-state index contributed by atoms with van der Waals surface area (Å²) in [5.41, 5.74) is 11.2. The maximum atomic E-state index is 13.4. The van der Waals surface area contributed by atoms with E-state index in [1.54, 1.807) is 0 Å². The number of nitrogens with one attached hydrogen (secondary N) is 2. The van der Waals surface area contributed by atoms with Crippen molar-refractivity contribution in [3.8, 4) is 0 Å². The topological polar surface area (TPSA) is 117 Å². The molecule has 0 unspecified atom stereocenters. The van der Waals surface area contributed by atoms with Crippen LogP contribution in [0.5, 0.6) is 0 Å². The number of nitrogens with two attached hydrogens (primary N) is 2. The summed E-state index contributed by atoms with van der Waals surface area (Å²) in [6.07, 6.45) is 18.3. The zero-order chi connectivity index (χ0) is 43.2. The highest BCUT2D eigenvalue weighted by molar-refractivity contribution is 7.81. The van der Waals surface area contributed by atoms with E-state index in [-0.39, 0.29) is 46.6 Å². The molecule has 4 rings (SSSR count). The maximum absolute atomic E-state index is 13.4. The number of hydrogen-bond donors (Lipinski definition) is 4. The van der Waals surface area contributed by atoms with Crippen molar-refractivity contribution in [2.75, 3.05) is 39.3 Å². The predicted octanol–water partition coefficient (Wildman–Crippen LogP) is 8.98.